The van der Waals surface area contributed by atoms with E-state index >= 15 is 0 Å². The van der Waals surface area contributed by atoms with Crippen molar-refractivity contribution < 1.29 is 3.08 Å². The molecule has 0 aliphatic rings. The van der Waals surface area contributed by atoms with Gasteiger partial charge in [0, 0.05) is 0 Å². The van der Waals surface area contributed by atoms with Crippen LogP contribution in [0.5, 0.6) is 0 Å². The van der Waals surface area contributed by atoms with Crippen molar-refractivity contribution >= 4 is 26.9 Å². The second kappa shape index (κ2) is 4.91. The van der Waals surface area contributed by atoms with Gasteiger partial charge in [-0.2, -0.15) is 0 Å². The molecule has 0 saturated heterocycles. The van der Waals surface area contributed by atoms with E-state index < -0.39 is 19.7 Å². The van der Waals surface area contributed by atoms with Gasteiger partial charge in [-0.1, -0.05) is 0 Å². The molecule has 2 heteroatoms. The van der Waals surface area contributed by atoms with Crippen LogP contribution in [0.25, 0.3) is 0 Å². The van der Waals surface area contributed by atoms with E-state index in [0.29, 0.717) is 0 Å². The minimum absolute atomic E-state index is 1.07. The molecule has 0 bridgehead atoms. The van der Waals surface area contributed by atoms with Crippen LogP contribution in [0.15, 0.2) is 48.5 Å². The summed E-state index contributed by atoms with van der Waals surface area (Å²) in [5, 5.41) is 0. The number of rotatable bonds is 2. The van der Waals surface area contributed by atoms with E-state index in [4.69, 9.17) is 0 Å². The molecular formula is C14H14OSn. The van der Waals surface area contributed by atoms with Crippen LogP contribution in [0, 0.1) is 13.8 Å². The molecule has 0 atom stereocenters. The predicted octanol–water partition coefficient (Wildman–Crippen LogP) is 1.84. The summed E-state index contributed by atoms with van der Waals surface area (Å²) >= 11 is -2.86. The predicted molar refractivity (Wildman–Crippen MR) is 68.1 cm³/mol. The van der Waals surface area contributed by atoms with Crippen molar-refractivity contribution in [1.29, 1.82) is 0 Å². The second-order valence-electron chi connectivity index (χ2n) is 3.96. The summed E-state index contributed by atoms with van der Waals surface area (Å²) in [5.74, 6) is 0. The van der Waals surface area contributed by atoms with Crippen LogP contribution >= 0.6 is 0 Å². The van der Waals surface area contributed by atoms with Crippen LogP contribution in [0.2, 0.25) is 0 Å². The number of hydrogen-bond donors (Lipinski definition) is 0. The monoisotopic (exact) mass is 318 g/mol. The van der Waals surface area contributed by atoms with E-state index in [-0.39, 0.29) is 0 Å². The van der Waals surface area contributed by atoms with Crippen LogP contribution in [0.3, 0.4) is 0 Å². The Hall–Kier alpha value is -0.961. The molecule has 0 amide bonds. The summed E-state index contributed by atoms with van der Waals surface area (Å²) < 4.78 is 14.7. The number of aryl methyl sites for hydroxylation is 2. The summed E-state index contributed by atoms with van der Waals surface area (Å²) in [4.78, 5) is 0. The number of hydrogen-bond acceptors (Lipinski definition) is 1. The molecule has 0 aliphatic carbocycles. The maximum atomic E-state index is 12.6. The van der Waals surface area contributed by atoms with Gasteiger partial charge in [-0.05, 0) is 0 Å². The molecule has 0 heterocycles. The standard InChI is InChI=1S/2C7H7.O.Sn/c2*1-7-5-3-2-4-6-7;;/h2*2-5H,1H3;;. The molecule has 0 aromatic heterocycles. The minimum atomic E-state index is -2.86. The van der Waals surface area contributed by atoms with Crippen molar-refractivity contribution in [2.45, 2.75) is 13.8 Å². The van der Waals surface area contributed by atoms with Gasteiger partial charge in [-0.3, -0.25) is 0 Å². The van der Waals surface area contributed by atoms with Gasteiger partial charge in [0.05, 0.1) is 0 Å². The van der Waals surface area contributed by atoms with Crippen LogP contribution < -0.4 is 7.16 Å². The summed E-state index contributed by atoms with van der Waals surface area (Å²) in [6, 6.07) is 16.0. The Morgan fingerprint density at radius 1 is 0.750 bits per heavy atom. The molecule has 0 unspecified atom stereocenters. The third kappa shape index (κ3) is 2.24. The Kier molecular flexibility index (Phi) is 3.54. The van der Waals surface area contributed by atoms with Gasteiger partial charge in [-0.15, -0.1) is 0 Å². The Morgan fingerprint density at radius 3 is 1.50 bits per heavy atom. The zero-order chi connectivity index (χ0) is 11.5. The molecular weight excluding hydrogens is 303 g/mol. The normalized spacial score (nSPS) is 10.1. The van der Waals surface area contributed by atoms with Gasteiger partial charge >= 0.3 is 103 Å². The Balaban J connectivity index is 2.48. The first-order valence-electron chi connectivity index (χ1n) is 5.36. The van der Waals surface area contributed by atoms with Crippen LogP contribution in [-0.4, -0.2) is 19.7 Å². The molecule has 0 fully saturated rings. The Morgan fingerprint density at radius 2 is 1.12 bits per heavy atom. The molecule has 0 aliphatic heterocycles. The van der Waals surface area contributed by atoms with E-state index in [9.17, 15) is 3.08 Å². The molecule has 16 heavy (non-hydrogen) atoms. The first-order valence-corrected chi connectivity index (χ1v) is 9.38. The third-order valence-electron chi connectivity index (χ3n) is 2.78. The second-order valence-corrected chi connectivity index (χ2v) is 8.91. The van der Waals surface area contributed by atoms with Crippen LogP contribution in [0.1, 0.15) is 11.1 Å². The summed E-state index contributed by atoms with van der Waals surface area (Å²) in [6.45, 7) is 4.07. The first kappa shape index (κ1) is 11.5. The van der Waals surface area contributed by atoms with E-state index in [1.807, 2.05) is 62.4 Å². The van der Waals surface area contributed by atoms with Crippen LogP contribution in [0.4, 0.5) is 0 Å². The topological polar surface area (TPSA) is 17.1 Å². The molecule has 2 aromatic carbocycles. The van der Waals surface area contributed by atoms with E-state index in [2.05, 4.69) is 0 Å². The Bertz CT molecular complexity index is 484. The van der Waals surface area contributed by atoms with Crippen molar-refractivity contribution in [2.75, 3.05) is 0 Å². The van der Waals surface area contributed by atoms with E-state index in [0.717, 1.165) is 18.3 Å². The van der Waals surface area contributed by atoms with Crippen molar-refractivity contribution in [3.63, 3.8) is 0 Å². The molecule has 0 spiro atoms. The first-order chi connectivity index (χ1) is 7.70. The van der Waals surface area contributed by atoms with Crippen molar-refractivity contribution in [3.8, 4) is 0 Å². The van der Waals surface area contributed by atoms with Gasteiger partial charge in [0.25, 0.3) is 0 Å². The van der Waals surface area contributed by atoms with E-state index in [1.54, 1.807) is 0 Å². The molecule has 2 rings (SSSR count). The Labute approximate surface area is 103 Å². The van der Waals surface area contributed by atoms with Crippen molar-refractivity contribution in [3.05, 3.63) is 59.7 Å². The van der Waals surface area contributed by atoms with Gasteiger partial charge in [-0.25, -0.2) is 0 Å². The molecule has 0 radical (unpaired) electrons. The average Bonchev–Trinajstić information content (AvgIpc) is 2.29. The zero-order valence-corrected chi connectivity index (χ0v) is 12.4. The fraction of sp³-hybridized carbons (Fsp3) is 0.143. The van der Waals surface area contributed by atoms with Gasteiger partial charge < -0.3 is 0 Å². The summed E-state index contributed by atoms with van der Waals surface area (Å²) in [6.07, 6.45) is 0. The number of benzene rings is 2. The van der Waals surface area contributed by atoms with Gasteiger partial charge in [0.2, 0.25) is 0 Å². The summed E-state index contributed by atoms with van der Waals surface area (Å²) in [7, 11) is 0. The molecule has 0 saturated carbocycles. The third-order valence-corrected chi connectivity index (χ3v) is 8.77. The fourth-order valence-corrected chi connectivity index (χ4v) is 6.56. The molecule has 80 valence electrons. The van der Waals surface area contributed by atoms with Crippen molar-refractivity contribution in [2.24, 2.45) is 0 Å². The van der Waals surface area contributed by atoms with Crippen LogP contribution in [-0.2, 0) is 3.08 Å². The molecule has 1 nitrogen and oxygen atoms in total. The molecule has 0 N–H and O–H groups in total. The SMILES string of the molecule is Cc1cccc[c]1[Sn](=[O])[c]1ccccc1C. The maximum absolute atomic E-state index is 12.6. The van der Waals surface area contributed by atoms with Crippen molar-refractivity contribution in [1.82, 2.24) is 0 Å². The van der Waals surface area contributed by atoms with E-state index in [1.165, 1.54) is 0 Å². The average molecular weight is 317 g/mol. The van der Waals surface area contributed by atoms with Gasteiger partial charge in [0.15, 0.2) is 0 Å². The fourth-order valence-electron chi connectivity index (χ4n) is 1.80. The molecule has 2 aromatic rings. The zero-order valence-electron chi connectivity index (χ0n) is 9.53. The quantitative estimate of drug-likeness (QED) is 0.773. The summed E-state index contributed by atoms with van der Waals surface area (Å²) in [5.41, 5.74) is 2.30. The van der Waals surface area contributed by atoms with Gasteiger partial charge in [0.1, 0.15) is 0 Å².